The minimum Gasteiger partial charge on any atom is -0.478 e. The third kappa shape index (κ3) is 4.15. The molecule has 0 aromatic heterocycles. The zero-order chi connectivity index (χ0) is 15.5. The number of aliphatic carboxylic acids is 1. The highest BCUT2D eigenvalue weighted by Gasteiger charge is 2.33. The van der Waals surface area contributed by atoms with Gasteiger partial charge in [-0.15, -0.1) is 0 Å². The average Bonchev–Trinajstić information content (AvgIpc) is 2.82. The Balaban J connectivity index is 2.24. The van der Waals surface area contributed by atoms with Crippen LogP contribution in [0.2, 0.25) is 0 Å². The summed E-state index contributed by atoms with van der Waals surface area (Å²) < 4.78 is 27.6. The van der Waals surface area contributed by atoms with E-state index in [0.717, 1.165) is 31.8 Å². The summed E-state index contributed by atoms with van der Waals surface area (Å²) in [5.41, 5.74) is 0.156. The van der Waals surface area contributed by atoms with Gasteiger partial charge in [-0.25, -0.2) is 17.9 Å². The van der Waals surface area contributed by atoms with Crippen molar-refractivity contribution in [3.8, 4) is 0 Å². The Hall–Kier alpha value is -1.66. The molecule has 0 heterocycles. The molecule has 5 nitrogen and oxygen atoms in total. The van der Waals surface area contributed by atoms with Gasteiger partial charge in [-0.2, -0.15) is 0 Å². The molecule has 114 valence electrons. The Bertz CT molecular complexity index is 658. The van der Waals surface area contributed by atoms with Crippen LogP contribution in [0.25, 0.3) is 6.08 Å². The van der Waals surface area contributed by atoms with Gasteiger partial charge < -0.3 is 5.11 Å². The second-order valence-corrected chi connectivity index (χ2v) is 7.30. The van der Waals surface area contributed by atoms with Crippen molar-refractivity contribution in [3.05, 3.63) is 35.9 Å². The highest BCUT2D eigenvalue weighted by molar-refractivity contribution is 7.89. The summed E-state index contributed by atoms with van der Waals surface area (Å²) in [6.45, 7) is 1.92. The highest BCUT2D eigenvalue weighted by Crippen LogP contribution is 2.30. The van der Waals surface area contributed by atoms with E-state index in [0.29, 0.717) is 5.56 Å². The minimum absolute atomic E-state index is 0.156. The Morgan fingerprint density at radius 3 is 2.62 bits per heavy atom. The molecule has 0 amide bonds. The molecule has 0 unspecified atom stereocenters. The van der Waals surface area contributed by atoms with Crippen LogP contribution < -0.4 is 4.72 Å². The van der Waals surface area contributed by atoms with Crippen LogP contribution in [0.4, 0.5) is 0 Å². The summed E-state index contributed by atoms with van der Waals surface area (Å²) in [6.07, 6.45) is 6.09. The zero-order valence-corrected chi connectivity index (χ0v) is 12.7. The summed E-state index contributed by atoms with van der Waals surface area (Å²) in [6, 6.07) is 6.25. The topological polar surface area (TPSA) is 83.5 Å². The summed E-state index contributed by atoms with van der Waals surface area (Å²) in [4.78, 5) is 10.7. The van der Waals surface area contributed by atoms with E-state index in [1.165, 1.54) is 18.2 Å². The molecule has 1 fully saturated rings. The lowest BCUT2D eigenvalue weighted by atomic mass is 10.0. The predicted octanol–water partition coefficient (Wildman–Crippen LogP) is 2.40. The number of carbonyl (C=O) groups is 1. The number of carboxylic acid groups (broad SMARTS) is 1. The fraction of sp³-hybridized carbons (Fsp3) is 0.400. The van der Waals surface area contributed by atoms with Gasteiger partial charge in [0.2, 0.25) is 10.0 Å². The molecule has 0 aliphatic heterocycles. The maximum absolute atomic E-state index is 12.4. The fourth-order valence-corrected chi connectivity index (χ4v) is 4.11. The first kappa shape index (κ1) is 15.7. The average molecular weight is 309 g/mol. The molecular formula is C15H19NO4S. The van der Waals surface area contributed by atoms with E-state index in [4.69, 9.17) is 5.11 Å². The molecule has 2 rings (SSSR count). The Morgan fingerprint density at radius 2 is 2.00 bits per heavy atom. The van der Waals surface area contributed by atoms with E-state index < -0.39 is 16.0 Å². The van der Waals surface area contributed by atoms with Gasteiger partial charge in [0.15, 0.2) is 0 Å². The molecule has 0 saturated heterocycles. The number of carboxylic acids is 1. The van der Waals surface area contributed by atoms with Crippen LogP contribution in [0.1, 0.15) is 38.2 Å². The Labute approximate surface area is 124 Å². The molecule has 0 spiro atoms. The van der Waals surface area contributed by atoms with E-state index in [9.17, 15) is 13.2 Å². The van der Waals surface area contributed by atoms with Crippen LogP contribution in [-0.4, -0.2) is 25.0 Å². The van der Waals surface area contributed by atoms with Crippen LogP contribution in [0.3, 0.4) is 0 Å². The molecule has 1 aromatic rings. The largest absolute Gasteiger partial charge is 0.478 e. The number of sulfonamides is 1. The number of rotatable bonds is 5. The SMILES string of the molecule is CC1(NS(=O)(=O)c2cccc(C=CC(=O)O)c2)CCCC1. The lowest BCUT2D eigenvalue weighted by Crippen LogP contribution is -2.43. The second kappa shape index (κ2) is 5.99. The molecule has 2 N–H and O–H groups in total. The molecule has 1 saturated carbocycles. The van der Waals surface area contributed by atoms with Gasteiger partial charge >= 0.3 is 5.97 Å². The van der Waals surface area contributed by atoms with Crippen LogP contribution in [0.5, 0.6) is 0 Å². The van der Waals surface area contributed by atoms with E-state index in [2.05, 4.69) is 4.72 Å². The maximum Gasteiger partial charge on any atom is 0.328 e. The van der Waals surface area contributed by atoms with Crippen LogP contribution in [0.15, 0.2) is 35.2 Å². The third-order valence-electron chi connectivity index (χ3n) is 3.67. The smallest absolute Gasteiger partial charge is 0.328 e. The lowest BCUT2D eigenvalue weighted by molar-refractivity contribution is -0.131. The predicted molar refractivity (Wildman–Crippen MR) is 80.3 cm³/mol. The third-order valence-corrected chi connectivity index (χ3v) is 5.31. The molecule has 1 aromatic carbocycles. The molecule has 0 radical (unpaired) electrons. The number of hydrogen-bond acceptors (Lipinski definition) is 3. The first-order chi connectivity index (χ1) is 9.81. The molecule has 1 aliphatic carbocycles. The van der Waals surface area contributed by atoms with Crippen LogP contribution in [-0.2, 0) is 14.8 Å². The molecule has 21 heavy (non-hydrogen) atoms. The van der Waals surface area contributed by atoms with E-state index >= 15 is 0 Å². The van der Waals surface area contributed by atoms with Gasteiger partial charge in [0.05, 0.1) is 4.90 Å². The van der Waals surface area contributed by atoms with Crippen LogP contribution >= 0.6 is 0 Å². The van der Waals surface area contributed by atoms with Gasteiger partial charge in [-0.3, -0.25) is 0 Å². The fourth-order valence-electron chi connectivity index (χ4n) is 2.59. The van der Waals surface area contributed by atoms with Gasteiger partial charge in [0.25, 0.3) is 0 Å². The van der Waals surface area contributed by atoms with Crippen LogP contribution in [0, 0.1) is 0 Å². The van der Waals surface area contributed by atoms with Crippen molar-refractivity contribution in [2.45, 2.75) is 43.0 Å². The highest BCUT2D eigenvalue weighted by atomic mass is 32.2. The van der Waals surface area contributed by atoms with Gasteiger partial charge in [0, 0.05) is 11.6 Å². The Morgan fingerprint density at radius 1 is 1.33 bits per heavy atom. The van der Waals surface area contributed by atoms with Crippen molar-refractivity contribution in [1.29, 1.82) is 0 Å². The number of hydrogen-bond donors (Lipinski definition) is 2. The second-order valence-electron chi connectivity index (χ2n) is 5.62. The van der Waals surface area contributed by atoms with Crippen molar-refractivity contribution in [1.82, 2.24) is 4.72 Å². The quantitative estimate of drug-likeness (QED) is 0.818. The van der Waals surface area contributed by atoms with Gasteiger partial charge in [0.1, 0.15) is 0 Å². The monoisotopic (exact) mass is 309 g/mol. The van der Waals surface area contributed by atoms with E-state index in [-0.39, 0.29) is 10.4 Å². The van der Waals surface area contributed by atoms with Gasteiger partial charge in [-0.1, -0.05) is 25.0 Å². The normalized spacial score (nSPS) is 18.1. The molecule has 0 atom stereocenters. The summed E-state index contributed by atoms with van der Waals surface area (Å²) in [5, 5.41) is 8.61. The van der Waals surface area contributed by atoms with Crippen molar-refractivity contribution in [2.75, 3.05) is 0 Å². The molecule has 1 aliphatic rings. The van der Waals surface area contributed by atoms with Crippen molar-refractivity contribution >= 4 is 22.1 Å². The van der Waals surface area contributed by atoms with E-state index in [1.807, 2.05) is 6.92 Å². The minimum atomic E-state index is -3.59. The maximum atomic E-state index is 12.4. The first-order valence-electron chi connectivity index (χ1n) is 6.86. The summed E-state index contributed by atoms with van der Waals surface area (Å²) in [7, 11) is -3.59. The van der Waals surface area contributed by atoms with Crippen molar-refractivity contribution < 1.29 is 18.3 Å². The molecule has 0 bridgehead atoms. The number of benzene rings is 1. The number of nitrogens with one attached hydrogen (secondary N) is 1. The van der Waals surface area contributed by atoms with Crippen molar-refractivity contribution in [2.24, 2.45) is 0 Å². The zero-order valence-electron chi connectivity index (χ0n) is 11.9. The van der Waals surface area contributed by atoms with Crippen molar-refractivity contribution in [3.63, 3.8) is 0 Å². The van der Waals surface area contributed by atoms with Gasteiger partial charge in [-0.05, 0) is 43.5 Å². The first-order valence-corrected chi connectivity index (χ1v) is 8.34. The summed E-state index contributed by atoms with van der Waals surface area (Å²) in [5.74, 6) is -1.07. The van der Waals surface area contributed by atoms with E-state index in [1.54, 1.807) is 12.1 Å². The Kier molecular flexibility index (Phi) is 4.49. The molecular weight excluding hydrogens is 290 g/mol. The molecule has 6 heteroatoms. The summed E-state index contributed by atoms with van der Waals surface area (Å²) >= 11 is 0. The lowest BCUT2D eigenvalue weighted by Gasteiger charge is -2.24. The standard InChI is InChI=1S/C15H19NO4S/c1-15(9-2-3-10-15)16-21(19,20)13-6-4-5-12(11-13)7-8-14(17)18/h4-8,11,16H,2-3,9-10H2,1H3,(H,17,18).